The molecule has 2 N–H and O–H groups in total. The molecule has 0 aliphatic carbocycles. The van der Waals surface area contributed by atoms with Gasteiger partial charge in [-0.3, -0.25) is 9.69 Å². The summed E-state index contributed by atoms with van der Waals surface area (Å²) < 4.78 is 5.51. The molecule has 3 aliphatic rings. The highest BCUT2D eigenvalue weighted by molar-refractivity contribution is 5.95. The first-order valence-corrected chi connectivity index (χ1v) is 11.4. The number of morpholine rings is 1. The number of benzene rings is 2. The molecule has 2 aromatic rings. The first kappa shape index (κ1) is 21.0. The molecule has 1 saturated heterocycles. The average Bonchev–Trinajstić information content (AvgIpc) is 2.83. The fourth-order valence-electron chi connectivity index (χ4n) is 5.11. The largest absolute Gasteiger partial charge is 0.379 e. The van der Waals surface area contributed by atoms with Crippen molar-refractivity contribution in [2.45, 2.75) is 32.0 Å². The molecule has 2 aromatic carbocycles. The summed E-state index contributed by atoms with van der Waals surface area (Å²) in [6.45, 7) is 5.87. The average molecular weight is 435 g/mol. The maximum Gasteiger partial charge on any atom is 0.315 e. The van der Waals surface area contributed by atoms with Crippen molar-refractivity contribution in [1.82, 2.24) is 14.7 Å². The Bertz CT molecular complexity index is 1020. The molecule has 3 heterocycles. The van der Waals surface area contributed by atoms with E-state index in [1.54, 1.807) is 4.90 Å². The van der Waals surface area contributed by atoms with Crippen molar-refractivity contribution >= 4 is 11.9 Å². The van der Waals surface area contributed by atoms with Gasteiger partial charge < -0.3 is 20.3 Å². The number of hydrogen-bond donors (Lipinski definition) is 1. The van der Waals surface area contributed by atoms with Crippen LogP contribution >= 0.6 is 0 Å². The lowest BCUT2D eigenvalue weighted by Crippen LogP contribution is -2.52. The van der Waals surface area contributed by atoms with Gasteiger partial charge in [0.2, 0.25) is 0 Å². The number of nitrogens with zero attached hydrogens (tertiary/aromatic N) is 3. The van der Waals surface area contributed by atoms with Crippen LogP contribution in [0.15, 0.2) is 42.5 Å². The lowest BCUT2D eigenvalue weighted by atomic mass is 9.92. The van der Waals surface area contributed by atoms with Crippen LogP contribution in [0.25, 0.3) is 0 Å². The summed E-state index contributed by atoms with van der Waals surface area (Å²) in [7, 11) is 0. The van der Waals surface area contributed by atoms with Crippen LogP contribution in [0.5, 0.6) is 0 Å². The normalized spacial score (nSPS) is 21.1. The predicted molar refractivity (Wildman–Crippen MR) is 121 cm³/mol. The van der Waals surface area contributed by atoms with Crippen molar-refractivity contribution in [1.29, 1.82) is 0 Å². The second kappa shape index (κ2) is 8.92. The first-order chi connectivity index (χ1) is 15.6. The molecule has 3 amide bonds. The molecule has 5 rings (SSSR count). The molecule has 0 saturated carbocycles. The standard InChI is InChI=1S/C25H30N4O3/c26-25(31)28-8-7-18-5-6-20(13-22(18)15-28)24(30)29-16-21-4-2-1-3-19(21)14-23(29)17-27-9-11-32-12-10-27/h1-6,13,23H,7-12,14-17H2,(H2,26,31)/t23-/m0/s1. The van der Waals surface area contributed by atoms with E-state index in [0.29, 0.717) is 25.2 Å². The van der Waals surface area contributed by atoms with Crippen molar-refractivity contribution < 1.29 is 14.3 Å². The van der Waals surface area contributed by atoms with Crippen molar-refractivity contribution in [3.8, 4) is 0 Å². The topological polar surface area (TPSA) is 79.1 Å². The number of primary amides is 1. The Morgan fingerprint density at radius 3 is 2.50 bits per heavy atom. The molecule has 0 spiro atoms. The van der Waals surface area contributed by atoms with Crippen LogP contribution < -0.4 is 5.73 Å². The zero-order chi connectivity index (χ0) is 22.1. The molecule has 0 radical (unpaired) electrons. The third-order valence-corrected chi connectivity index (χ3v) is 6.97. The number of ether oxygens (including phenoxy) is 1. The van der Waals surface area contributed by atoms with E-state index in [1.165, 1.54) is 16.7 Å². The Hall–Kier alpha value is -2.90. The SMILES string of the molecule is NC(=O)N1CCc2ccc(C(=O)N3Cc4ccccc4C[C@H]3CN3CCOCC3)cc2C1. The van der Waals surface area contributed by atoms with Gasteiger partial charge in [-0.15, -0.1) is 0 Å². The van der Waals surface area contributed by atoms with Crippen LogP contribution in [0.4, 0.5) is 4.79 Å². The minimum atomic E-state index is -0.411. The van der Waals surface area contributed by atoms with Gasteiger partial charge in [0.25, 0.3) is 5.91 Å². The third-order valence-electron chi connectivity index (χ3n) is 6.97. The number of amides is 3. The van der Waals surface area contributed by atoms with Gasteiger partial charge in [0.15, 0.2) is 0 Å². The quantitative estimate of drug-likeness (QED) is 0.802. The van der Waals surface area contributed by atoms with Crippen molar-refractivity contribution in [2.75, 3.05) is 39.4 Å². The molecule has 0 unspecified atom stereocenters. The molecule has 0 aromatic heterocycles. The summed E-state index contributed by atoms with van der Waals surface area (Å²) in [6, 6.07) is 14.1. The van der Waals surface area contributed by atoms with E-state index in [0.717, 1.165) is 51.3 Å². The minimum Gasteiger partial charge on any atom is -0.379 e. The molecular weight excluding hydrogens is 404 g/mol. The molecule has 0 bridgehead atoms. The van der Waals surface area contributed by atoms with Gasteiger partial charge in [-0.05, 0) is 47.2 Å². The van der Waals surface area contributed by atoms with Gasteiger partial charge in [-0.1, -0.05) is 30.3 Å². The van der Waals surface area contributed by atoms with E-state index in [9.17, 15) is 9.59 Å². The van der Waals surface area contributed by atoms with E-state index in [1.807, 2.05) is 29.2 Å². The fourth-order valence-corrected chi connectivity index (χ4v) is 5.11. The fraction of sp³-hybridized carbons (Fsp3) is 0.440. The van der Waals surface area contributed by atoms with Gasteiger partial charge in [-0.25, -0.2) is 4.79 Å². The predicted octanol–water partition coefficient (Wildman–Crippen LogP) is 2.02. The van der Waals surface area contributed by atoms with Crippen LogP contribution in [0, 0.1) is 0 Å². The van der Waals surface area contributed by atoms with E-state index in [2.05, 4.69) is 23.1 Å². The Kier molecular flexibility index (Phi) is 5.85. The molecule has 7 nitrogen and oxygen atoms in total. The molecule has 1 atom stereocenters. The maximum atomic E-state index is 13.7. The molecular formula is C25H30N4O3. The molecule has 168 valence electrons. The third kappa shape index (κ3) is 4.23. The van der Waals surface area contributed by atoms with Gasteiger partial charge in [0, 0.05) is 50.9 Å². The van der Waals surface area contributed by atoms with Crippen LogP contribution in [0.3, 0.4) is 0 Å². The molecule has 3 aliphatic heterocycles. The second-order valence-electron chi connectivity index (χ2n) is 8.97. The summed E-state index contributed by atoms with van der Waals surface area (Å²) >= 11 is 0. The van der Waals surface area contributed by atoms with E-state index in [4.69, 9.17) is 10.5 Å². The van der Waals surface area contributed by atoms with Crippen LogP contribution in [0.2, 0.25) is 0 Å². The smallest absolute Gasteiger partial charge is 0.315 e. The first-order valence-electron chi connectivity index (χ1n) is 11.4. The number of carbonyl (C=O) groups excluding carboxylic acids is 2. The lowest BCUT2D eigenvalue weighted by Gasteiger charge is -2.40. The number of nitrogens with two attached hydrogens (primary N) is 1. The van der Waals surface area contributed by atoms with Crippen molar-refractivity contribution in [3.63, 3.8) is 0 Å². The monoisotopic (exact) mass is 434 g/mol. The Morgan fingerprint density at radius 2 is 1.72 bits per heavy atom. The second-order valence-corrected chi connectivity index (χ2v) is 8.97. The number of carbonyl (C=O) groups is 2. The van der Waals surface area contributed by atoms with Crippen LogP contribution in [0.1, 0.15) is 32.6 Å². The zero-order valence-corrected chi connectivity index (χ0v) is 18.3. The zero-order valence-electron chi connectivity index (χ0n) is 18.3. The maximum absolute atomic E-state index is 13.7. The number of hydrogen-bond acceptors (Lipinski definition) is 4. The van der Waals surface area contributed by atoms with Crippen LogP contribution in [-0.2, 0) is 30.7 Å². The molecule has 1 fully saturated rings. The van der Waals surface area contributed by atoms with E-state index < -0.39 is 6.03 Å². The summed E-state index contributed by atoms with van der Waals surface area (Å²) in [6.07, 6.45) is 1.63. The Morgan fingerprint density at radius 1 is 0.938 bits per heavy atom. The van der Waals surface area contributed by atoms with Gasteiger partial charge in [0.05, 0.1) is 13.2 Å². The summed E-state index contributed by atoms with van der Waals surface area (Å²) in [5, 5.41) is 0. The molecule has 32 heavy (non-hydrogen) atoms. The summed E-state index contributed by atoms with van der Waals surface area (Å²) in [4.78, 5) is 31.5. The highest BCUT2D eigenvalue weighted by atomic mass is 16.5. The van der Waals surface area contributed by atoms with Gasteiger partial charge in [-0.2, -0.15) is 0 Å². The number of fused-ring (bicyclic) bond motifs is 2. The van der Waals surface area contributed by atoms with Crippen molar-refractivity contribution in [3.05, 3.63) is 70.3 Å². The summed E-state index contributed by atoms with van der Waals surface area (Å²) in [5.74, 6) is 0.0526. The molecule has 7 heteroatoms. The van der Waals surface area contributed by atoms with E-state index >= 15 is 0 Å². The lowest BCUT2D eigenvalue weighted by molar-refractivity contribution is 0.0193. The van der Waals surface area contributed by atoms with Gasteiger partial charge in [0.1, 0.15) is 0 Å². The Labute approximate surface area is 188 Å². The minimum absolute atomic E-state index is 0.0526. The Balaban J connectivity index is 1.41. The highest BCUT2D eigenvalue weighted by Crippen LogP contribution is 2.27. The number of urea groups is 1. The van der Waals surface area contributed by atoms with Crippen LogP contribution in [-0.4, -0.2) is 72.1 Å². The summed E-state index contributed by atoms with van der Waals surface area (Å²) in [5.41, 5.74) is 10.9. The highest BCUT2D eigenvalue weighted by Gasteiger charge is 2.32. The van der Waals surface area contributed by atoms with Crippen molar-refractivity contribution in [2.24, 2.45) is 5.73 Å². The number of rotatable bonds is 3. The van der Waals surface area contributed by atoms with E-state index in [-0.39, 0.29) is 11.9 Å². The van der Waals surface area contributed by atoms with Gasteiger partial charge >= 0.3 is 6.03 Å².